The van der Waals surface area contributed by atoms with Gasteiger partial charge in [-0.3, -0.25) is 4.79 Å². The lowest BCUT2D eigenvalue weighted by molar-refractivity contribution is 0.0738. The lowest BCUT2D eigenvalue weighted by Gasteiger charge is -2.13. The zero-order chi connectivity index (χ0) is 13.7. The number of carbonyl (C=O) groups is 1. The first-order valence-electron chi connectivity index (χ1n) is 5.80. The van der Waals surface area contributed by atoms with Crippen LogP contribution in [0.2, 0.25) is 0 Å². The van der Waals surface area contributed by atoms with E-state index in [9.17, 15) is 4.79 Å². The highest BCUT2D eigenvalue weighted by Gasteiger charge is 2.15. The predicted octanol–water partition coefficient (Wildman–Crippen LogP) is 3.16. The van der Waals surface area contributed by atoms with Crippen LogP contribution in [0.4, 0.5) is 0 Å². The quantitative estimate of drug-likeness (QED) is 0.919. The number of hydrogen-bond donors (Lipinski definition) is 1. The molecule has 1 atom stereocenters. The molecule has 0 aliphatic heterocycles. The third-order valence-electron chi connectivity index (χ3n) is 2.68. The molecule has 0 unspecified atom stereocenters. The molecule has 0 saturated carbocycles. The average Bonchev–Trinajstić information content (AvgIpc) is 2.93. The number of methoxy groups -OCH3 is 1. The summed E-state index contributed by atoms with van der Waals surface area (Å²) in [5.41, 5.74) is 0.601. The summed E-state index contributed by atoms with van der Waals surface area (Å²) in [5, 5.41) is 2.82. The van der Waals surface area contributed by atoms with Crippen LogP contribution in [0.5, 0.6) is 0 Å². The Balaban J connectivity index is 1.96. The molecule has 19 heavy (non-hydrogen) atoms. The van der Waals surface area contributed by atoms with Gasteiger partial charge in [-0.2, -0.15) is 0 Å². The molecule has 0 fully saturated rings. The Labute approximate surface area is 119 Å². The number of carbonyl (C=O) groups excluding carboxylic acids is 1. The van der Waals surface area contributed by atoms with Gasteiger partial charge in [0.1, 0.15) is 11.9 Å². The van der Waals surface area contributed by atoms with Gasteiger partial charge in [-0.15, -0.1) is 0 Å². The molecule has 5 heteroatoms. The first-order chi connectivity index (χ1) is 9.20. The molecule has 4 nitrogen and oxygen atoms in total. The number of rotatable bonds is 5. The number of benzene rings is 1. The molecule has 1 amide bonds. The minimum Gasteiger partial charge on any atom is -0.467 e. The zero-order valence-corrected chi connectivity index (χ0v) is 12.0. The van der Waals surface area contributed by atoms with E-state index in [0.717, 1.165) is 4.47 Å². The van der Waals surface area contributed by atoms with Crippen molar-refractivity contribution in [1.29, 1.82) is 0 Å². The van der Waals surface area contributed by atoms with E-state index in [2.05, 4.69) is 21.2 Å². The van der Waals surface area contributed by atoms with Crippen LogP contribution < -0.4 is 5.32 Å². The van der Waals surface area contributed by atoms with Crippen LogP contribution in [0.25, 0.3) is 0 Å². The van der Waals surface area contributed by atoms with Crippen LogP contribution in [0.1, 0.15) is 22.2 Å². The molecule has 1 N–H and O–H groups in total. The normalized spacial score (nSPS) is 12.1. The van der Waals surface area contributed by atoms with Gasteiger partial charge in [0.15, 0.2) is 0 Å². The fraction of sp³-hybridized carbons (Fsp3) is 0.214. The fourth-order valence-corrected chi connectivity index (χ4v) is 2.09. The Morgan fingerprint density at radius 1 is 1.42 bits per heavy atom. The molecule has 1 heterocycles. The summed E-state index contributed by atoms with van der Waals surface area (Å²) in [6.45, 7) is 0.357. The Hall–Kier alpha value is -1.59. The molecule has 1 aromatic heterocycles. The molecular formula is C14H14BrNO3. The van der Waals surface area contributed by atoms with Crippen molar-refractivity contribution in [3.05, 3.63) is 58.5 Å². The third-order valence-corrected chi connectivity index (χ3v) is 3.17. The number of ether oxygens (including phenoxy) is 1. The molecule has 0 radical (unpaired) electrons. The van der Waals surface area contributed by atoms with Gasteiger partial charge in [-0.25, -0.2) is 0 Å². The van der Waals surface area contributed by atoms with E-state index in [1.165, 1.54) is 0 Å². The molecule has 2 aromatic rings. The predicted molar refractivity (Wildman–Crippen MR) is 74.9 cm³/mol. The largest absolute Gasteiger partial charge is 0.467 e. The van der Waals surface area contributed by atoms with Crippen molar-refractivity contribution in [1.82, 2.24) is 5.32 Å². The Morgan fingerprint density at radius 3 is 2.89 bits per heavy atom. The van der Waals surface area contributed by atoms with Gasteiger partial charge >= 0.3 is 0 Å². The number of nitrogens with one attached hydrogen (secondary N) is 1. The monoisotopic (exact) mass is 323 g/mol. The molecule has 100 valence electrons. The van der Waals surface area contributed by atoms with E-state index in [0.29, 0.717) is 17.9 Å². The van der Waals surface area contributed by atoms with E-state index in [-0.39, 0.29) is 12.0 Å². The molecule has 1 aromatic carbocycles. The van der Waals surface area contributed by atoms with Gasteiger partial charge in [0.2, 0.25) is 0 Å². The van der Waals surface area contributed by atoms with Crippen LogP contribution in [0.3, 0.4) is 0 Å². The number of amides is 1. The molecule has 0 aliphatic rings. The first kappa shape index (κ1) is 13.8. The summed E-state index contributed by atoms with van der Waals surface area (Å²) in [6.07, 6.45) is 1.29. The maximum atomic E-state index is 12.0. The van der Waals surface area contributed by atoms with Crippen LogP contribution in [-0.4, -0.2) is 19.6 Å². The summed E-state index contributed by atoms with van der Waals surface area (Å²) >= 11 is 3.34. The van der Waals surface area contributed by atoms with Crippen LogP contribution in [-0.2, 0) is 4.74 Å². The topological polar surface area (TPSA) is 51.5 Å². The van der Waals surface area contributed by atoms with Gasteiger partial charge in [0.25, 0.3) is 5.91 Å². The van der Waals surface area contributed by atoms with Crippen molar-refractivity contribution >= 4 is 21.8 Å². The molecule has 2 rings (SSSR count). The van der Waals surface area contributed by atoms with Crippen molar-refractivity contribution in [2.75, 3.05) is 13.7 Å². The fourth-order valence-electron chi connectivity index (χ4n) is 1.69. The molecule has 0 saturated heterocycles. The van der Waals surface area contributed by atoms with Gasteiger partial charge in [0, 0.05) is 17.1 Å². The number of furan rings is 1. The Bertz CT molecular complexity index is 539. The van der Waals surface area contributed by atoms with Gasteiger partial charge in [-0.05, 0) is 30.3 Å². The Kier molecular flexibility index (Phi) is 4.76. The summed E-state index contributed by atoms with van der Waals surface area (Å²) in [4.78, 5) is 12.0. The molecule has 0 bridgehead atoms. The summed E-state index contributed by atoms with van der Waals surface area (Å²) in [5.74, 6) is 0.548. The van der Waals surface area contributed by atoms with Gasteiger partial charge in [-0.1, -0.05) is 22.0 Å². The smallest absolute Gasteiger partial charge is 0.251 e. The second kappa shape index (κ2) is 6.54. The third kappa shape index (κ3) is 3.68. The minimum absolute atomic E-state index is 0.144. The van der Waals surface area contributed by atoms with Crippen molar-refractivity contribution < 1.29 is 13.9 Å². The molecule has 0 spiro atoms. The van der Waals surface area contributed by atoms with Gasteiger partial charge < -0.3 is 14.5 Å². The van der Waals surface area contributed by atoms with Crippen molar-refractivity contribution in [2.24, 2.45) is 0 Å². The highest BCUT2D eigenvalue weighted by molar-refractivity contribution is 9.10. The lowest BCUT2D eigenvalue weighted by Crippen LogP contribution is -2.29. The minimum atomic E-state index is -0.286. The number of hydrogen-bond acceptors (Lipinski definition) is 3. The highest BCUT2D eigenvalue weighted by atomic mass is 79.9. The maximum Gasteiger partial charge on any atom is 0.251 e. The summed E-state index contributed by atoms with van der Waals surface area (Å²) in [6, 6.07) is 10.8. The van der Waals surface area contributed by atoms with Crippen LogP contribution >= 0.6 is 15.9 Å². The van der Waals surface area contributed by atoms with E-state index < -0.39 is 0 Å². The van der Waals surface area contributed by atoms with Crippen LogP contribution in [0.15, 0.2) is 51.6 Å². The standard InChI is InChI=1S/C14H14BrNO3/c1-18-13(12-6-3-7-19-12)9-16-14(17)10-4-2-5-11(15)8-10/h2-8,13H,9H2,1H3,(H,16,17)/t13-/m0/s1. The van der Waals surface area contributed by atoms with Crippen LogP contribution in [0, 0.1) is 0 Å². The SMILES string of the molecule is CO[C@@H](CNC(=O)c1cccc(Br)c1)c1ccco1. The van der Waals surface area contributed by atoms with Crippen molar-refractivity contribution in [3.63, 3.8) is 0 Å². The second-order valence-corrected chi connectivity index (χ2v) is 4.88. The van der Waals surface area contributed by atoms with Crippen molar-refractivity contribution in [2.45, 2.75) is 6.10 Å². The van der Waals surface area contributed by atoms with Gasteiger partial charge in [0.05, 0.1) is 12.8 Å². The Morgan fingerprint density at radius 2 is 2.26 bits per heavy atom. The lowest BCUT2D eigenvalue weighted by atomic mass is 10.2. The molecular weight excluding hydrogens is 310 g/mol. The summed E-state index contributed by atoms with van der Waals surface area (Å²) in [7, 11) is 1.58. The van der Waals surface area contributed by atoms with E-state index in [4.69, 9.17) is 9.15 Å². The maximum absolute atomic E-state index is 12.0. The van der Waals surface area contributed by atoms with E-state index in [1.807, 2.05) is 18.2 Å². The second-order valence-electron chi connectivity index (χ2n) is 3.96. The van der Waals surface area contributed by atoms with E-state index >= 15 is 0 Å². The summed E-state index contributed by atoms with van der Waals surface area (Å²) < 4.78 is 11.4. The average molecular weight is 324 g/mol. The molecule has 0 aliphatic carbocycles. The zero-order valence-electron chi connectivity index (χ0n) is 10.4. The van der Waals surface area contributed by atoms with Crippen molar-refractivity contribution in [3.8, 4) is 0 Å². The number of halogens is 1. The highest BCUT2D eigenvalue weighted by Crippen LogP contribution is 2.16. The first-order valence-corrected chi connectivity index (χ1v) is 6.60. The van der Waals surface area contributed by atoms with E-state index in [1.54, 1.807) is 31.6 Å².